The van der Waals surface area contributed by atoms with E-state index in [1.54, 1.807) is 26.2 Å². The van der Waals surface area contributed by atoms with Crippen LogP contribution in [0.3, 0.4) is 0 Å². The van der Waals surface area contributed by atoms with E-state index in [1.807, 2.05) is 0 Å². The van der Waals surface area contributed by atoms with Gasteiger partial charge >= 0.3 is 6.18 Å². The first-order valence-electron chi connectivity index (χ1n) is 12.2. The Labute approximate surface area is 220 Å². The van der Waals surface area contributed by atoms with Gasteiger partial charge in [-0.25, -0.2) is 0 Å². The maximum Gasteiger partial charge on any atom is 0.426 e. The maximum absolute atomic E-state index is 13.5. The number of alkyl halides is 3. The van der Waals surface area contributed by atoms with Crippen molar-refractivity contribution in [3.63, 3.8) is 0 Å². The summed E-state index contributed by atoms with van der Waals surface area (Å²) in [5, 5.41) is 10.9. The summed E-state index contributed by atoms with van der Waals surface area (Å²) in [6.45, 7) is 4.36. The van der Waals surface area contributed by atoms with Gasteiger partial charge in [0.05, 0.1) is 15.6 Å². The number of carbonyl (C=O) groups is 2. The van der Waals surface area contributed by atoms with Crippen LogP contribution in [0.15, 0.2) is 12.1 Å². The number of anilines is 1. The molecule has 202 valence electrons. The number of halogens is 5. The highest BCUT2D eigenvalue weighted by Gasteiger charge is 2.62. The summed E-state index contributed by atoms with van der Waals surface area (Å²) in [6.07, 6.45) is -2.01. The number of nitrogens with zero attached hydrogens (tertiary/aromatic N) is 3. The van der Waals surface area contributed by atoms with Crippen LogP contribution in [0.5, 0.6) is 0 Å². The Balaban J connectivity index is 1.58. The topological polar surface area (TPSA) is 64.1 Å². The zero-order valence-electron chi connectivity index (χ0n) is 21.0. The molecule has 1 aromatic carbocycles. The van der Waals surface area contributed by atoms with Gasteiger partial charge in [0.2, 0.25) is 5.60 Å². The second-order valence-corrected chi connectivity index (χ2v) is 11.2. The van der Waals surface area contributed by atoms with Crippen molar-refractivity contribution in [3.05, 3.63) is 27.7 Å². The van der Waals surface area contributed by atoms with E-state index in [2.05, 4.69) is 4.90 Å². The van der Waals surface area contributed by atoms with Crippen molar-refractivity contribution in [2.24, 2.45) is 17.8 Å². The average molecular weight is 552 g/mol. The van der Waals surface area contributed by atoms with Gasteiger partial charge in [0.25, 0.3) is 11.8 Å². The van der Waals surface area contributed by atoms with E-state index in [1.165, 1.54) is 23.6 Å². The van der Waals surface area contributed by atoms with E-state index < -0.39 is 23.6 Å². The summed E-state index contributed by atoms with van der Waals surface area (Å²) >= 11 is 12.8. The van der Waals surface area contributed by atoms with Crippen LogP contribution in [0, 0.1) is 17.8 Å². The minimum Gasteiger partial charge on any atom is -0.372 e. The first-order valence-corrected chi connectivity index (χ1v) is 13.0. The lowest BCUT2D eigenvalue weighted by molar-refractivity contribution is -0.270. The lowest BCUT2D eigenvalue weighted by Gasteiger charge is -2.43. The third-order valence-electron chi connectivity index (χ3n) is 7.64. The van der Waals surface area contributed by atoms with Gasteiger partial charge in [-0.05, 0) is 49.7 Å². The van der Waals surface area contributed by atoms with Gasteiger partial charge in [-0.2, -0.15) is 13.2 Å². The first kappa shape index (κ1) is 28.9. The molecule has 0 saturated carbocycles. The Kier molecular flexibility index (Phi) is 8.78. The number of carbonyl (C=O) groups excluding carboxylic acids is 2. The number of amides is 2. The zero-order valence-corrected chi connectivity index (χ0v) is 22.6. The molecule has 2 amide bonds. The molecule has 0 spiro atoms. The Morgan fingerprint density at radius 2 is 1.42 bits per heavy atom. The van der Waals surface area contributed by atoms with E-state index in [0.717, 1.165) is 31.6 Å². The maximum atomic E-state index is 13.5. The summed E-state index contributed by atoms with van der Waals surface area (Å²) in [5.41, 5.74) is -2.24. The molecule has 1 N–H and O–H groups in total. The molecule has 0 bridgehead atoms. The molecule has 2 fully saturated rings. The van der Waals surface area contributed by atoms with Crippen LogP contribution < -0.4 is 4.90 Å². The van der Waals surface area contributed by atoms with Crippen LogP contribution in [0.1, 0.15) is 49.9 Å². The van der Waals surface area contributed by atoms with Gasteiger partial charge < -0.3 is 19.8 Å². The highest BCUT2D eigenvalue weighted by Crippen LogP contribution is 2.40. The molecule has 0 aromatic heterocycles. The van der Waals surface area contributed by atoms with Gasteiger partial charge in [-0.3, -0.25) is 9.59 Å². The summed E-state index contributed by atoms with van der Waals surface area (Å²) < 4.78 is 40.5. The molecule has 6 nitrogen and oxygen atoms in total. The lowest BCUT2D eigenvalue weighted by Crippen LogP contribution is -2.62. The van der Waals surface area contributed by atoms with E-state index in [-0.39, 0.29) is 24.6 Å². The third-order valence-corrected chi connectivity index (χ3v) is 8.24. The summed E-state index contributed by atoms with van der Waals surface area (Å²) in [4.78, 5) is 29.8. The van der Waals surface area contributed by atoms with Gasteiger partial charge in [-0.1, -0.05) is 37.0 Å². The lowest BCUT2D eigenvalue weighted by atomic mass is 9.78. The van der Waals surface area contributed by atoms with Crippen molar-refractivity contribution >= 4 is 40.7 Å². The van der Waals surface area contributed by atoms with Crippen molar-refractivity contribution in [2.75, 3.05) is 45.2 Å². The zero-order chi connectivity index (χ0) is 27.0. The molecule has 1 aromatic rings. The molecule has 2 heterocycles. The Morgan fingerprint density at radius 3 is 1.81 bits per heavy atom. The number of hydrogen-bond donors (Lipinski definition) is 1. The van der Waals surface area contributed by atoms with Crippen molar-refractivity contribution in [1.82, 2.24) is 9.80 Å². The number of likely N-dealkylation sites (tertiary alicyclic amines) is 1. The molecule has 2 aliphatic heterocycles. The normalized spacial score (nSPS) is 20.0. The molecule has 2 saturated heterocycles. The summed E-state index contributed by atoms with van der Waals surface area (Å²) in [7, 11) is 3.27. The number of hydrogen-bond acceptors (Lipinski definition) is 4. The molecular weight excluding hydrogens is 518 g/mol. The van der Waals surface area contributed by atoms with Gasteiger partial charge in [0.1, 0.15) is 0 Å². The highest BCUT2D eigenvalue weighted by molar-refractivity contribution is 6.40. The Hall–Kier alpha value is -1.71. The van der Waals surface area contributed by atoms with Crippen molar-refractivity contribution in [3.8, 4) is 0 Å². The summed E-state index contributed by atoms with van der Waals surface area (Å²) in [5.74, 6) is -2.08. The number of aliphatic hydroxyl groups is 1. The smallest absolute Gasteiger partial charge is 0.372 e. The van der Waals surface area contributed by atoms with Crippen molar-refractivity contribution < 1.29 is 27.9 Å². The summed E-state index contributed by atoms with van der Waals surface area (Å²) in [6, 6.07) is 3.51. The first-order chi connectivity index (χ1) is 16.7. The van der Waals surface area contributed by atoms with E-state index in [4.69, 9.17) is 23.2 Å². The highest BCUT2D eigenvalue weighted by atomic mass is 35.5. The predicted molar refractivity (Wildman–Crippen MR) is 135 cm³/mol. The van der Waals surface area contributed by atoms with Crippen LogP contribution in [0.25, 0.3) is 0 Å². The molecule has 36 heavy (non-hydrogen) atoms. The Morgan fingerprint density at radius 1 is 0.972 bits per heavy atom. The standard InChI is InChI=1S/C25H34Cl2F3N3O3/c1-15(2)24(36,25(28,29)30)23(35)33-11-7-17(8-12-33)16-5-9-32(10-6-16)18-13-19(26)21(20(27)14-18)22(34)31(3)4/h13-17,36H,5-12H2,1-4H3. The van der Waals surface area contributed by atoms with Crippen LogP contribution in [0.2, 0.25) is 10.0 Å². The molecule has 3 rings (SSSR count). The second-order valence-electron chi connectivity index (χ2n) is 10.4. The largest absolute Gasteiger partial charge is 0.426 e. The second kappa shape index (κ2) is 11.0. The molecule has 11 heteroatoms. The molecule has 1 atom stereocenters. The van der Waals surface area contributed by atoms with Gasteiger partial charge in [-0.15, -0.1) is 0 Å². The quantitative estimate of drug-likeness (QED) is 0.553. The minimum absolute atomic E-state index is 0.210. The molecule has 1 unspecified atom stereocenters. The van der Waals surface area contributed by atoms with Crippen LogP contribution in [-0.2, 0) is 4.79 Å². The molecular formula is C25H34Cl2F3N3O3. The van der Waals surface area contributed by atoms with Crippen LogP contribution in [0.4, 0.5) is 18.9 Å². The van der Waals surface area contributed by atoms with E-state index in [0.29, 0.717) is 34.7 Å². The minimum atomic E-state index is -5.02. The van der Waals surface area contributed by atoms with Gasteiger partial charge in [0.15, 0.2) is 0 Å². The van der Waals surface area contributed by atoms with E-state index >= 15 is 0 Å². The third kappa shape index (κ3) is 5.58. The SMILES string of the molecule is CC(C)C(O)(C(=O)N1CCC(C2CCN(c3cc(Cl)c(C(=O)N(C)C)c(Cl)c3)CC2)CC1)C(F)(F)F. The number of rotatable bonds is 5. The number of benzene rings is 1. The fourth-order valence-corrected chi connectivity index (χ4v) is 5.95. The van der Waals surface area contributed by atoms with E-state index in [9.17, 15) is 27.9 Å². The molecule has 0 radical (unpaired) electrons. The molecule has 2 aliphatic rings. The van der Waals surface area contributed by atoms with Gasteiger partial charge in [0, 0.05) is 51.9 Å². The monoisotopic (exact) mass is 551 g/mol. The van der Waals surface area contributed by atoms with Crippen LogP contribution >= 0.6 is 23.2 Å². The fraction of sp³-hybridized carbons (Fsp3) is 0.680. The molecule has 0 aliphatic carbocycles. The number of piperidine rings is 2. The average Bonchev–Trinajstić information content (AvgIpc) is 2.81. The Bertz CT molecular complexity index is 950. The van der Waals surface area contributed by atoms with Crippen molar-refractivity contribution in [1.29, 1.82) is 0 Å². The predicted octanol–water partition coefficient (Wildman–Crippen LogP) is 5.10. The fourth-order valence-electron chi connectivity index (χ4n) is 5.31. The van der Waals surface area contributed by atoms with Crippen LogP contribution in [-0.4, -0.2) is 78.8 Å². The van der Waals surface area contributed by atoms with Crippen molar-refractivity contribution in [2.45, 2.75) is 51.3 Å².